The summed E-state index contributed by atoms with van der Waals surface area (Å²) in [5, 5.41) is 9.20. The number of likely N-dealkylation sites (N-methyl/N-ethyl adjacent to an activating group) is 1. The van der Waals surface area contributed by atoms with Crippen molar-refractivity contribution in [2.45, 2.75) is 45.9 Å². The molecule has 0 aromatic carbocycles. The SMILES string of the molecule is CCN(C(=O)[C@@H](N)[C@@H](C)O)[C@H](C)C(C)=O. The summed E-state index contributed by atoms with van der Waals surface area (Å²) < 4.78 is 0. The van der Waals surface area contributed by atoms with Gasteiger partial charge in [0.15, 0.2) is 5.78 Å². The van der Waals surface area contributed by atoms with Gasteiger partial charge in [-0.3, -0.25) is 9.59 Å². The molecule has 0 aliphatic heterocycles. The normalized spacial score (nSPS) is 16.7. The zero-order valence-corrected chi connectivity index (χ0v) is 9.73. The van der Waals surface area contributed by atoms with Crippen molar-refractivity contribution in [1.82, 2.24) is 4.90 Å². The van der Waals surface area contributed by atoms with E-state index in [1.807, 2.05) is 0 Å². The van der Waals surface area contributed by atoms with Gasteiger partial charge in [0, 0.05) is 6.54 Å². The first kappa shape index (κ1) is 14.1. The number of nitrogens with zero attached hydrogens (tertiary/aromatic N) is 1. The molecule has 0 aromatic rings. The highest BCUT2D eigenvalue weighted by atomic mass is 16.3. The second-order valence-electron chi connectivity index (χ2n) is 3.68. The summed E-state index contributed by atoms with van der Waals surface area (Å²) in [6.07, 6.45) is -0.911. The first-order valence-electron chi connectivity index (χ1n) is 5.07. The van der Waals surface area contributed by atoms with Gasteiger partial charge in [-0.25, -0.2) is 0 Å². The summed E-state index contributed by atoms with van der Waals surface area (Å²) in [6, 6.07) is -1.46. The molecule has 88 valence electrons. The number of carbonyl (C=O) groups is 2. The third-order valence-corrected chi connectivity index (χ3v) is 2.48. The highest BCUT2D eigenvalue weighted by Gasteiger charge is 2.28. The van der Waals surface area contributed by atoms with Crippen LogP contribution in [0.15, 0.2) is 0 Å². The molecule has 15 heavy (non-hydrogen) atoms. The van der Waals surface area contributed by atoms with Gasteiger partial charge in [-0.2, -0.15) is 0 Å². The smallest absolute Gasteiger partial charge is 0.242 e. The van der Waals surface area contributed by atoms with Crippen LogP contribution in [0, 0.1) is 0 Å². The number of ketones is 1. The number of aliphatic hydroxyl groups is 1. The van der Waals surface area contributed by atoms with E-state index >= 15 is 0 Å². The Morgan fingerprint density at radius 3 is 2.13 bits per heavy atom. The molecule has 5 heteroatoms. The van der Waals surface area contributed by atoms with Crippen LogP contribution in [-0.4, -0.2) is 46.4 Å². The predicted molar refractivity (Wildman–Crippen MR) is 57.2 cm³/mol. The van der Waals surface area contributed by atoms with Gasteiger partial charge in [-0.05, 0) is 27.7 Å². The number of hydrogen-bond donors (Lipinski definition) is 2. The molecule has 0 spiro atoms. The number of amides is 1. The van der Waals surface area contributed by atoms with Crippen LogP contribution in [0.5, 0.6) is 0 Å². The predicted octanol–water partition coefficient (Wildman–Crippen LogP) is -0.479. The van der Waals surface area contributed by atoms with Crippen molar-refractivity contribution >= 4 is 11.7 Å². The highest BCUT2D eigenvalue weighted by Crippen LogP contribution is 2.04. The lowest BCUT2D eigenvalue weighted by Crippen LogP contribution is -2.53. The van der Waals surface area contributed by atoms with Crippen LogP contribution in [0.2, 0.25) is 0 Å². The molecule has 0 bridgehead atoms. The molecular formula is C10H20N2O3. The van der Waals surface area contributed by atoms with E-state index < -0.39 is 24.1 Å². The molecule has 3 N–H and O–H groups in total. The molecule has 3 atom stereocenters. The summed E-state index contributed by atoms with van der Waals surface area (Å²) >= 11 is 0. The third-order valence-electron chi connectivity index (χ3n) is 2.48. The zero-order valence-electron chi connectivity index (χ0n) is 9.73. The first-order valence-corrected chi connectivity index (χ1v) is 5.07. The van der Waals surface area contributed by atoms with E-state index in [4.69, 9.17) is 5.73 Å². The first-order chi connectivity index (χ1) is 6.82. The molecule has 0 aliphatic carbocycles. The Bertz CT molecular complexity index is 241. The number of Topliss-reactive ketones (excluding diaryl/α,β-unsaturated/α-hetero) is 1. The zero-order chi connectivity index (χ0) is 12.2. The maximum Gasteiger partial charge on any atom is 0.242 e. The van der Waals surface area contributed by atoms with Crippen molar-refractivity contribution < 1.29 is 14.7 Å². The van der Waals surface area contributed by atoms with Gasteiger partial charge in [-0.1, -0.05) is 0 Å². The van der Waals surface area contributed by atoms with Gasteiger partial charge in [0.05, 0.1) is 12.1 Å². The molecule has 0 aromatic heterocycles. The van der Waals surface area contributed by atoms with Crippen LogP contribution >= 0.6 is 0 Å². The number of nitrogens with two attached hydrogens (primary N) is 1. The number of hydrogen-bond acceptors (Lipinski definition) is 4. The van der Waals surface area contributed by atoms with Crippen LogP contribution < -0.4 is 5.73 Å². The maximum atomic E-state index is 11.8. The van der Waals surface area contributed by atoms with Crippen LogP contribution in [0.25, 0.3) is 0 Å². The van der Waals surface area contributed by atoms with Gasteiger partial charge >= 0.3 is 0 Å². The molecule has 0 fully saturated rings. The number of aliphatic hydroxyl groups excluding tert-OH is 1. The Morgan fingerprint density at radius 1 is 1.40 bits per heavy atom. The fourth-order valence-corrected chi connectivity index (χ4v) is 1.24. The molecule has 0 unspecified atom stereocenters. The lowest BCUT2D eigenvalue weighted by Gasteiger charge is -2.29. The standard InChI is InChI=1S/C10H20N2O3/c1-5-12(6(2)7(3)13)10(15)9(11)8(4)14/h6,8-9,14H,5,11H2,1-4H3/t6-,8-,9+/m1/s1. The molecule has 1 amide bonds. The Kier molecular flexibility index (Phi) is 5.46. The monoisotopic (exact) mass is 216 g/mol. The minimum absolute atomic E-state index is 0.0945. The Morgan fingerprint density at radius 2 is 1.87 bits per heavy atom. The van der Waals surface area contributed by atoms with Crippen molar-refractivity contribution in [1.29, 1.82) is 0 Å². The number of rotatable bonds is 5. The van der Waals surface area contributed by atoms with E-state index in [0.29, 0.717) is 6.54 Å². The molecule has 0 heterocycles. The minimum atomic E-state index is -0.966. The molecule has 5 nitrogen and oxygen atoms in total. The lowest BCUT2D eigenvalue weighted by molar-refractivity contribution is -0.141. The molecule has 0 aliphatic rings. The number of carbonyl (C=O) groups excluding carboxylic acids is 2. The largest absolute Gasteiger partial charge is 0.391 e. The van der Waals surface area contributed by atoms with Crippen molar-refractivity contribution in [3.05, 3.63) is 0 Å². The average molecular weight is 216 g/mol. The molecule has 0 saturated carbocycles. The topological polar surface area (TPSA) is 83.6 Å². The van der Waals surface area contributed by atoms with E-state index in [0.717, 1.165) is 0 Å². The summed E-state index contributed by atoms with van der Waals surface area (Å²) in [6.45, 7) is 6.70. The van der Waals surface area contributed by atoms with Gasteiger partial charge in [-0.15, -0.1) is 0 Å². The Balaban J connectivity index is 4.68. The van der Waals surface area contributed by atoms with Crippen LogP contribution in [0.1, 0.15) is 27.7 Å². The van der Waals surface area contributed by atoms with E-state index in [2.05, 4.69) is 0 Å². The molecule has 0 rings (SSSR count). The fourth-order valence-electron chi connectivity index (χ4n) is 1.24. The average Bonchev–Trinajstić information content (AvgIpc) is 2.16. The lowest BCUT2D eigenvalue weighted by atomic mass is 10.1. The maximum absolute atomic E-state index is 11.8. The molecule has 0 radical (unpaired) electrons. The molecular weight excluding hydrogens is 196 g/mol. The summed E-state index contributed by atoms with van der Waals surface area (Å²) in [7, 11) is 0. The van der Waals surface area contributed by atoms with Gasteiger partial charge < -0.3 is 15.7 Å². The van der Waals surface area contributed by atoms with Crippen LogP contribution in [-0.2, 0) is 9.59 Å². The van der Waals surface area contributed by atoms with Crippen molar-refractivity contribution in [2.24, 2.45) is 5.73 Å². The van der Waals surface area contributed by atoms with Crippen LogP contribution in [0.3, 0.4) is 0 Å². The third kappa shape index (κ3) is 3.60. The van der Waals surface area contributed by atoms with Gasteiger partial charge in [0.25, 0.3) is 0 Å². The van der Waals surface area contributed by atoms with E-state index in [1.54, 1.807) is 13.8 Å². The van der Waals surface area contributed by atoms with E-state index in [1.165, 1.54) is 18.7 Å². The van der Waals surface area contributed by atoms with Crippen molar-refractivity contribution in [3.8, 4) is 0 Å². The highest BCUT2D eigenvalue weighted by molar-refractivity contribution is 5.89. The quantitative estimate of drug-likeness (QED) is 0.650. The minimum Gasteiger partial charge on any atom is -0.391 e. The Labute approximate surface area is 90.2 Å². The van der Waals surface area contributed by atoms with Gasteiger partial charge in [0.2, 0.25) is 5.91 Å². The van der Waals surface area contributed by atoms with Crippen LogP contribution in [0.4, 0.5) is 0 Å². The fraction of sp³-hybridized carbons (Fsp3) is 0.800. The second-order valence-corrected chi connectivity index (χ2v) is 3.68. The summed E-state index contributed by atoms with van der Waals surface area (Å²) in [5.74, 6) is -0.488. The second kappa shape index (κ2) is 5.82. The van der Waals surface area contributed by atoms with Crippen molar-refractivity contribution in [2.75, 3.05) is 6.54 Å². The summed E-state index contributed by atoms with van der Waals surface area (Å²) in [4.78, 5) is 24.3. The van der Waals surface area contributed by atoms with E-state index in [9.17, 15) is 14.7 Å². The molecule has 0 saturated heterocycles. The van der Waals surface area contributed by atoms with Crippen molar-refractivity contribution in [3.63, 3.8) is 0 Å². The Hall–Kier alpha value is -0.940. The summed E-state index contributed by atoms with van der Waals surface area (Å²) in [5.41, 5.74) is 5.52. The van der Waals surface area contributed by atoms with E-state index in [-0.39, 0.29) is 5.78 Å². The van der Waals surface area contributed by atoms with Gasteiger partial charge in [0.1, 0.15) is 6.04 Å².